The second-order valence-electron chi connectivity index (χ2n) is 11.9. The average molecular weight is 499 g/mol. The zero-order valence-electron chi connectivity index (χ0n) is 22.1. The number of carbonyl (C=O) groups excluding carboxylic acids is 1. The van der Waals surface area contributed by atoms with Crippen molar-refractivity contribution >= 4 is 6.09 Å². The molecule has 1 aromatic heterocycles. The summed E-state index contributed by atoms with van der Waals surface area (Å²) >= 11 is 0. The predicted octanol–water partition coefficient (Wildman–Crippen LogP) is 4.56. The lowest BCUT2D eigenvalue weighted by Crippen LogP contribution is -2.68. The standard InChI is InChI=1S/C28H38N2O6/c1-26(2,3)24-28(13-16-34-17-14-28)23(32)21-22(35-18-19-10-8-7-9-11-19)20(31)12-15-29(21)30(24)25(33)36-27(4,5)6/h7-12,15,23-24,32H,13-14,16-18H2,1-6H3. The van der Waals surface area contributed by atoms with Crippen molar-refractivity contribution in [3.8, 4) is 5.75 Å². The molecule has 2 aliphatic rings. The molecule has 196 valence electrons. The van der Waals surface area contributed by atoms with Crippen molar-refractivity contribution < 1.29 is 24.1 Å². The van der Waals surface area contributed by atoms with Crippen molar-refractivity contribution in [2.75, 3.05) is 18.2 Å². The number of benzene rings is 1. The van der Waals surface area contributed by atoms with Crippen LogP contribution >= 0.6 is 0 Å². The maximum Gasteiger partial charge on any atom is 0.429 e. The zero-order valence-corrected chi connectivity index (χ0v) is 22.1. The molecule has 1 saturated heterocycles. The van der Waals surface area contributed by atoms with Gasteiger partial charge in [-0.2, -0.15) is 0 Å². The second-order valence-corrected chi connectivity index (χ2v) is 11.9. The molecule has 0 aliphatic carbocycles. The molecule has 1 N–H and O–H groups in total. The van der Waals surface area contributed by atoms with Gasteiger partial charge in [-0.25, -0.2) is 9.80 Å². The number of nitrogens with zero attached hydrogens (tertiary/aromatic N) is 2. The van der Waals surface area contributed by atoms with Crippen LogP contribution in [0.3, 0.4) is 0 Å². The molecule has 2 atom stereocenters. The first-order valence-corrected chi connectivity index (χ1v) is 12.6. The minimum atomic E-state index is -1.05. The van der Waals surface area contributed by atoms with Crippen LogP contribution in [0.5, 0.6) is 5.75 Å². The number of ether oxygens (including phenoxy) is 3. The molecule has 1 aromatic carbocycles. The predicted molar refractivity (Wildman–Crippen MR) is 137 cm³/mol. The lowest BCUT2D eigenvalue weighted by atomic mass is 9.60. The van der Waals surface area contributed by atoms with Gasteiger partial charge in [0, 0.05) is 30.9 Å². The number of aliphatic hydroxyl groups is 1. The maximum atomic E-state index is 13.8. The summed E-state index contributed by atoms with van der Waals surface area (Å²) in [7, 11) is 0. The van der Waals surface area contributed by atoms with Crippen LogP contribution in [0.2, 0.25) is 0 Å². The fourth-order valence-corrected chi connectivity index (χ4v) is 5.66. The minimum Gasteiger partial charge on any atom is -0.483 e. The summed E-state index contributed by atoms with van der Waals surface area (Å²) < 4.78 is 19.2. The third-order valence-electron chi connectivity index (χ3n) is 6.95. The third-order valence-corrected chi connectivity index (χ3v) is 6.95. The Bertz CT molecular complexity index is 1140. The van der Waals surface area contributed by atoms with Gasteiger partial charge in [0.2, 0.25) is 5.43 Å². The number of hydrogen-bond acceptors (Lipinski definition) is 6. The van der Waals surface area contributed by atoms with Crippen molar-refractivity contribution in [1.82, 2.24) is 4.68 Å². The zero-order chi connectivity index (χ0) is 26.3. The van der Waals surface area contributed by atoms with Gasteiger partial charge in [0.1, 0.15) is 24.0 Å². The number of aromatic nitrogens is 1. The van der Waals surface area contributed by atoms with Gasteiger partial charge in [-0.1, -0.05) is 51.1 Å². The Morgan fingerprint density at radius 3 is 2.31 bits per heavy atom. The van der Waals surface area contributed by atoms with E-state index in [1.165, 1.54) is 12.3 Å². The highest BCUT2D eigenvalue weighted by Crippen LogP contribution is 2.55. The molecule has 2 aromatic rings. The Morgan fingerprint density at radius 1 is 1.08 bits per heavy atom. The monoisotopic (exact) mass is 498 g/mol. The quantitative estimate of drug-likeness (QED) is 0.667. The molecule has 8 heteroatoms. The van der Waals surface area contributed by atoms with Crippen LogP contribution in [0.1, 0.15) is 71.7 Å². The molecule has 4 rings (SSSR count). The van der Waals surface area contributed by atoms with E-state index in [9.17, 15) is 14.7 Å². The highest BCUT2D eigenvalue weighted by molar-refractivity contribution is 5.81. The fraction of sp³-hybridized carbons (Fsp3) is 0.571. The molecule has 1 amide bonds. The van der Waals surface area contributed by atoms with E-state index in [-0.39, 0.29) is 23.5 Å². The summed E-state index contributed by atoms with van der Waals surface area (Å²) in [5, 5.41) is 13.6. The summed E-state index contributed by atoms with van der Waals surface area (Å²) in [5.41, 5.74) is -1.11. The molecule has 36 heavy (non-hydrogen) atoms. The van der Waals surface area contributed by atoms with E-state index in [1.54, 1.807) is 9.69 Å². The van der Waals surface area contributed by atoms with Crippen LogP contribution in [-0.4, -0.2) is 40.7 Å². The van der Waals surface area contributed by atoms with Gasteiger partial charge in [0.05, 0.1) is 6.04 Å². The summed E-state index contributed by atoms with van der Waals surface area (Å²) in [6.07, 6.45) is 0.987. The van der Waals surface area contributed by atoms with Crippen LogP contribution in [0.15, 0.2) is 47.4 Å². The van der Waals surface area contributed by atoms with E-state index in [0.717, 1.165) is 5.56 Å². The number of aliphatic hydroxyl groups excluding tert-OH is 1. The molecule has 1 spiro atoms. The van der Waals surface area contributed by atoms with Gasteiger partial charge in [0.15, 0.2) is 5.75 Å². The van der Waals surface area contributed by atoms with E-state index in [1.807, 2.05) is 51.1 Å². The summed E-state index contributed by atoms with van der Waals surface area (Å²) in [6.45, 7) is 12.7. The summed E-state index contributed by atoms with van der Waals surface area (Å²) in [4.78, 5) is 26.9. The van der Waals surface area contributed by atoms with Crippen molar-refractivity contribution in [1.29, 1.82) is 0 Å². The van der Waals surface area contributed by atoms with Crippen molar-refractivity contribution in [2.45, 2.75) is 78.7 Å². The van der Waals surface area contributed by atoms with Gasteiger partial charge in [-0.05, 0) is 44.6 Å². The normalized spacial score (nSPS) is 21.7. The number of pyridine rings is 1. The Kier molecular flexibility index (Phi) is 6.96. The van der Waals surface area contributed by atoms with Gasteiger partial charge in [-0.3, -0.25) is 9.47 Å². The Labute approximate surface area is 212 Å². The molecule has 1 fully saturated rings. The van der Waals surface area contributed by atoms with Crippen molar-refractivity contribution in [2.24, 2.45) is 10.8 Å². The smallest absolute Gasteiger partial charge is 0.429 e. The summed E-state index contributed by atoms with van der Waals surface area (Å²) in [5.74, 6) is 0.0423. The first kappa shape index (κ1) is 26.2. The van der Waals surface area contributed by atoms with Crippen LogP contribution < -0.4 is 15.2 Å². The first-order valence-electron chi connectivity index (χ1n) is 12.6. The van der Waals surface area contributed by atoms with E-state index in [2.05, 4.69) is 20.8 Å². The van der Waals surface area contributed by atoms with Crippen molar-refractivity contribution in [3.05, 3.63) is 64.1 Å². The third kappa shape index (κ3) is 4.89. The van der Waals surface area contributed by atoms with Crippen molar-refractivity contribution in [3.63, 3.8) is 0 Å². The molecular formula is C28H38N2O6. The molecule has 0 radical (unpaired) electrons. The SMILES string of the molecule is CC(C)(C)OC(=O)N1C(C(C)(C)C)C2(CCOCC2)C(O)c2c(OCc3ccccc3)c(=O)ccn21. The van der Waals surface area contributed by atoms with E-state index in [4.69, 9.17) is 14.2 Å². The lowest BCUT2D eigenvalue weighted by Gasteiger charge is -2.58. The van der Waals surface area contributed by atoms with Crippen LogP contribution in [0, 0.1) is 10.8 Å². The molecule has 0 bridgehead atoms. The fourth-order valence-electron chi connectivity index (χ4n) is 5.66. The molecule has 2 aliphatic heterocycles. The van der Waals surface area contributed by atoms with Gasteiger partial charge >= 0.3 is 6.09 Å². The van der Waals surface area contributed by atoms with E-state index in [0.29, 0.717) is 26.1 Å². The molecule has 8 nitrogen and oxygen atoms in total. The minimum absolute atomic E-state index is 0.0423. The van der Waals surface area contributed by atoms with Crippen LogP contribution in [0.25, 0.3) is 0 Å². The van der Waals surface area contributed by atoms with E-state index >= 15 is 0 Å². The highest BCUT2D eigenvalue weighted by atomic mass is 16.6. The molecule has 2 unspecified atom stereocenters. The van der Waals surface area contributed by atoms with Gasteiger partial charge < -0.3 is 19.3 Å². The van der Waals surface area contributed by atoms with Crippen LogP contribution in [-0.2, 0) is 16.1 Å². The van der Waals surface area contributed by atoms with E-state index < -0.39 is 34.7 Å². The Morgan fingerprint density at radius 2 is 1.72 bits per heavy atom. The topological polar surface area (TPSA) is 90.2 Å². The molecule has 0 saturated carbocycles. The maximum absolute atomic E-state index is 13.8. The number of carbonyl (C=O) groups is 1. The average Bonchev–Trinajstić information content (AvgIpc) is 2.80. The largest absolute Gasteiger partial charge is 0.483 e. The number of rotatable bonds is 3. The highest BCUT2D eigenvalue weighted by Gasteiger charge is 2.60. The second kappa shape index (κ2) is 9.56. The number of hydrogen-bond donors (Lipinski definition) is 1. The van der Waals surface area contributed by atoms with Gasteiger partial charge in [0.25, 0.3) is 0 Å². The Balaban J connectivity index is 1.91. The lowest BCUT2D eigenvalue weighted by molar-refractivity contribution is -0.117. The molecular weight excluding hydrogens is 460 g/mol. The number of amides is 1. The molecule has 3 heterocycles. The van der Waals surface area contributed by atoms with Gasteiger partial charge in [-0.15, -0.1) is 0 Å². The summed E-state index contributed by atoms with van der Waals surface area (Å²) in [6, 6.07) is 10.5. The Hall–Kier alpha value is -2.84. The first-order chi connectivity index (χ1) is 16.8. The number of fused-ring (bicyclic) bond motifs is 1. The van der Waals surface area contributed by atoms with Crippen LogP contribution in [0.4, 0.5) is 4.79 Å².